The number of likely N-dealkylation sites (N-methyl/N-ethyl adjacent to an activating group) is 2. The zero-order chi connectivity index (χ0) is 14.7. The number of anilines is 2. The Hall–Kier alpha value is -1.82. The van der Waals surface area contributed by atoms with Gasteiger partial charge in [0.05, 0.1) is 18.4 Å². The first-order chi connectivity index (χ1) is 9.54. The standard InChI is InChI=1S/C14H22N4O2/c1-17-8-4-5-10(9-17)18(2)13-12(15)11(6-7-16-13)14(19)20-3/h6-7,10H,4-5,8-9,15H2,1-3H3. The lowest BCUT2D eigenvalue weighted by atomic mass is 10.0. The smallest absolute Gasteiger partial charge is 0.340 e. The van der Waals surface area contributed by atoms with Gasteiger partial charge in [-0.2, -0.15) is 0 Å². The summed E-state index contributed by atoms with van der Waals surface area (Å²) in [6, 6.07) is 1.95. The van der Waals surface area contributed by atoms with Crippen LogP contribution in [0.15, 0.2) is 12.3 Å². The molecule has 2 heterocycles. The van der Waals surface area contributed by atoms with E-state index in [0.717, 1.165) is 25.9 Å². The Bertz CT molecular complexity index is 492. The summed E-state index contributed by atoms with van der Waals surface area (Å²) < 4.78 is 4.74. The van der Waals surface area contributed by atoms with Gasteiger partial charge in [-0.15, -0.1) is 0 Å². The Morgan fingerprint density at radius 2 is 2.35 bits per heavy atom. The first-order valence-electron chi connectivity index (χ1n) is 6.78. The number of methoxy groups -OCH3 is 1. The number of piperidine rings is 1. The second-order valence-corrected chi connectivity index (χ2v) is 5.26. The molecule has 6 heteroatoms. The van der Waals surface area contributed by atoms with Crippen molar-refractivity contribution in [3.8, 4) is 0 Å². The second kappa shape index (κ2) is 6.09. The summed E-state index contributed by atoms with van der Waals surface area (Å²) in [7, 11) is 5.44. The molecule has 1 aromatic rings. The van der Waals surface area contributed by atoms with Gasteiger partial charge in [-0.3, -0.25) is 0 Å². The lowest BCUT2D eigenvalue weighted by Gasteiger charge is -2.37. The van der Waals surface area contributed by atoms with Crippen molar-refractivity contribution in [3.05, 3.63) is 17.8 Å². The summed E-state index contributed by atoms with van der Waals surface area (Å²) >= 11 is 0. The zero-order valence-corrected chi connectivity index (χ0v) is 12.3. The predicted octanol–water partition coefficient (Wildman–Crippen LogP) is 0.981. The van der Waals surface area contributed by atoms with Crippen LogP contribution in [0.2, 0.25) is 0 Å². The lowest BCUT2D eigenvalue weighted by molar-refractivity contribution is 0.0602. The number of ether oxygens (including phenoxy) is 1. The van der Waals surface area contributed by atoms with Crippen molar-refractivity contribution in [2.24, 2.45) is 0 Å². The molecule has 110 valence electrons. The van der Waals surface area contributed by atoms with Gasteiger partial charge >= 0.3 is 5.97 Å². The molecule has 1 unspecified atom stereocenters. The van der Waals surface area contributed by atoms with Crippen LogP contribution in [0.1, 0.15) is 23.2 Å². The van der Waals surface area contributed by atoms with Crippen LogP contribution in [-0.2, 0) is 4.74 Å². The SMILES string of the molecule is COC(=O)c1ccnc(N(C)C2CCCN(C)C2)c1N. The Labute approximate surface area is 119 Å². The number of rotatable bonds is 3. The highest BCUT2D eigenvalue weighted by atomic mass is 16.5. The van der Waals surface area contributed by atoms with E-state index < -0.39 is 5.97 Å². The van der Waals surface area contributed by atoms with E-state index in [1.807, 2.05) is 7.05 Å². The van der Waals surface area contributed by atoms with Gasteiger partial charge in [-0.25, -0.2) is 9.78 Å². The molecule has 0 radical (unpaired) electrons. The van der Waals surface area contributed by atoms with Crippen LogP contribution in [-0.4, -0.2) is 56.2 Å². The third-order valence-corrected chi connectivity index (χ3v) is 3.86. The number of nitrogen functional groups attached to an aromatic ring is 1. The molecule has 2 rings (SSSR count). The first kappa shape index (κ1) is 14.6. The molecule has 20 heavy (non-hydrogen) atoms. The average molecular weight is 278 g/mol. The molecule has 1 aliphatic heterocycles. The number of aromatic nitrogens is 1. The van der Waals surface area contributed by atoms with Crippen molar-refractivity contribution in [1.29, 1.82) is 0 Å². The van der Waals surface area contributed by atoms with Crippen LogP contribution in [0.3, 0.4) is 0 Å². The van der Waals surface area contributed by atoms with Gasteiger partial charge in [0.15, 0.2) is 5.82 Å². The van der Waals surface area contributed by atoms with E-state index in [2.05, 4.69) is 21.8 Å². The Balaban J connectivity index is 2.25. The third-order valence-electron chi connectivity index (χ3n) is 3.86. The molecule has 0 saturated carbocycles. The number of hydrogen-bond donors (Lipinski definition) is 1. The van der Waals surface area contributed by atoms with Gasteiger partial charge in [-0.05, 0) is 32.5 Å². The fourth-order valence-corrected chi connectivity index (χ4v) is 2.66. The largest absolute Gasteiger partial charge is 0.465 e. The van der Waals surface area contributed by atoms with Gasteiger partial charge in [-0.1, -0.05) is 0 Å². The number of nitrogens with zero attached hydrogens (tertiary/aromatic N) is 3. The third kappa shape index (κ3) is 2.85. The minimum atomic E-state index is -0.430. The highest BCUT2D eigenvalue weighted by Gasteiger charge is 2.25. The first-order valence-corrected chi connectivity index (χ1v) is 6.78. The summed E-state index contributed by atoms with van der Waals surface area (Å²) in [6.07, 6.45) is 3.85. The molecule has 0 aliphatic carbocycles. The van der Waals surface area contributed by atoms with Gasteiger partial charge in [0, 0.05) is 25.8 Å². The maximum Gasteiger partial charge on any atom is 0.340 e. The van der Waals surface area contributed by atoms with Crippen LogP contribution >= 0.6 is 0 Å². The van der Waals surface area contributed by atoms with Crippen molar-refractivity contribution in [3.63, 3.8) is 0 Å². The highest BCUT2D eigenvalue weighted by Crippen LogP contribution is 2.27. The van der Waals surface area contributed by atoms with E-state index in [9.17, 15) is 4.79 Å². The average Bonchev–Trinajstić information content (AvgIpc) is 2.46. The van der Waals surface area contributed by atoms with E-state index in [4.69, 9.17) is 10.5 Å². The number of nitrogens with two attached hydrogens (primary N) is 1. The number of likely N-dealkylation sites (tertiary alicyclic amines) is 1. The van der Waals surface area contributed by atoms with Crippen LogP contribution in [0, 0.1) is 0 Å². The minimum Gasteiger partial charge on any atom is -0.465 e. The maximum absolute atomic E-state index is 11.7. The minimum absolute atomic E-state index is 0.358. The monoisotopic (exact) mass is 278 g/mol. The Morgan fingerprint density at radius 1 is 1.60 bits per heavy atom. The topological polar surface area (TPSA) is 71.7 Å². The molecule has 0 amide bonds. The van der Waals surface area contributed by atoms with Crippen molar-refractivity contribution in [2.75, 3.05) is 44.9 Å². The molecule has 6 nitrogen and oxygen atoms in total. The molecular weight excluding hydrogens is 256 g/mol. The van der Waals surface area contributed by atoms with Crippen molar-refractivity contribution >= 4 is 17.5 Å². The summed E-state index contributed by atoms with van der Waals surface area (Å²) in [5.74, 6) is 0.216. The molecule has 1 atom stereocenters. The molecule has 2 N–H and O–H groups in total. The van der Waals surface area contributed by atoms with Gasteiger partial charge in [0.25, 0.3) is 0 Å². The van der Waals surface area contributed by atoms with Crippen LogP contribution in [0.25, 0.3) is 0 Å². The summed E-state index contributed by atoms with van der Waals surface area (Å²) in [4.78, 5) is 20.4. The quantitative estimate of drug-likeness (QED) is 0.831. The molecule has 1 aromatic heterocycles. The summed E-state index contributed by atoms with van der Waals surface area (Å²) in [5.41, 5.74) is 6.84. The highest BCUT2D eigenvalue weighted by molar-refractivity contribution is 5.97. The molecule has 0 spiro atoms. The predicted molar refractivity (Wildman–Crippen MR) is 78.9 cm³/mol. The lowest BCUT2D eigenvalue weighted by Crippen LogP contribution is -2.45. The normalized spacial score (nSPS) is 19.6. The van der Waals surface area contributed by atoms with Crippen molar-refractivity contribution in [1.82, 2.24) is 9.88 Å². The van der Waals surface area contributed by atoms with Gasteiger partial charge in [0.1, 0.15) is 0 Å². The number of esters is 1. The van der Waals surface area contributed by atoms with E-state index in [1.165, 1.54) is 7.11 Å². The maximum atomic E-state index is 11.7. The molecule has 1 aliphatic rings. The van der Waals surface area contributed by atoms with Gasteiger partial charge < -0.3 is 20.3 Å². The second-order valence-electron chi connectivity index (χ2n) is 5.26. The van der Waals surface area contributed by atoms with E-state index in [-0.39, 0.29) is 0 Å². The van der Waals surface area contributed by atoms with Crippen LogP contribution < -0.4 is 10.6 Å². The van der Waals surface area contributed by atoms with E-state index >= 15 is 0 Å². The zero-order valence-electron chi connectivity index (χ0n) is 12.3. The molecule has 1 fully saturated rings. The molecule has 0 bridgehead atoms. The van der Waals surface area contributed by atoms with E-state index in [0.29, 0.717) is 23.1 Å². The number of carbonyl (C=O) groups is 1. The number of pyridine rings is 1. The van der Waals surface area contributed by atoms with Gasteiger partial charge in [0.2, 0.25) is 0 Å². The van der Waals surface area contributed by atoms with Crippen LogP contribution in [0.5, 0.6) is 0 Å². The fraction of sp³-hybridized carbons (Fsp3) is 0.571. The Kier molecular flexibility index (Phi) is 4.44. The molecule has 0 aromatic carbocycles. The molecular formula is C14H22N4O2. The Morgan fingerprint density at radius 3 is 3.00 bits per heavy atom. The molecule has 1 saturated heterocycles. The van der Waals surface area contributed by atoms with Crippen molar-refractivity contribution < 1.29 is 9.53 Å². The summed E-state index contributed by atoms with van der Waals surface area (Å²) in [5, 5.41) is 0. The summed E-state index contributed by atoms with van der Waals surface area (Å²) in [6.45, 7) is 2.09. The number of hydrogen-bond acceptors (Lipinski definition) is 6. The van der Waals surface area contributed by atoms with Crippen LogP contribution in [0.4, 0.5) is 11.5 Å². The van der Waals surface area contributed by atoms with Crippen molar-refractivity contribution in [2.45, 2.75) is 18.9 Å². The van der Waals surface area contributed by atoms with E-state index in [1.54, 1.807) is 12.3 Å². The fourth-order valence-electron chi connectivity index (χ4n) is 2.66. The number of carbonyl (C=O) groups excluding carboxylic acids is 1.